The van der Waals surface area contributed by atoms with Gasteiger partial charge in [-0.25, -0.2) is 4.98 Å². The molecule has 1 aromatic heterocycles. The van der Waals surface area contributed by atoms with Crippen molar-refractivity contribution in [2.45, 2.75) is 65.3 Å². The molecule has 0 radical (unpaired) electrons. The zero-order valence-electron chi connectivity index (χ0n) is 11.7. The number of anilines is 1. The summed E-state index contributed by atoms with van der Waals surface area (Å²) in [7, 11) is 0. The Hall–Kier alpha value is -0.990. The molecule has 3 nitrogen and oxygen atoms in total. The summed E-state index contributed by atoms with van der Waals surface area (Å²) in [5, 5.41) is 0. The van der Waals surface area contributed by atoms with E-state index in [-0.39, 0.29) is 5.41 Å². The van der Waals surface area contributed by atoms with Crippen LogP contribution in [0.15, 0.2) is 0 Å². The lowest BCUT2D eigenvalue weighted by Gasteiger charge is -2.17. The average Bonchev–Trinajstić information content (AvgIpc) is 2.93. The molecule has 1 heterocycles. The molecule has 0 aromatic carbocycles. The highest BCUT2D eigenvalue weighted by molar-refractivity contribution is 5.43. The molecule has 96 valence electrons. The van der Waals surface area contributed by atoms with Crippen molar-refractivity contribution in [1.29, 1.82) is 0 Å². The number of nitrogen functional groups attached to an aromatic ring is 1. The van der Waals surface area contributed by atoms with Gasteiger partial charge in [0.25, 0.3) is 0 Å². The Labute approximate surface area is 104 Å². The van der Waals surface area contributed by atoms with E-state index in [1.54, 1.807) is 0 Å². The van der Waals surface area contributed by atoms with Crippen molar-refractivity contribution in [3.8, 4) is 0 Å². The van der Waals surface area contributed by atoms with E-state index in [0.717, 1.165) is 18.1 Å². The van der Waals surface area contributed by atoms with Gasteiger partial charge in [-0.3, -0.25) is 0 Å². The Morgan fingerprint density at radius 3 is 2.35 bits per heavy atom. The first-order valence-electron chi connectivity index (χ1n) is 6.67. The molecule has 2 rings (SSSR count). The van der Waals surface area contributed by atoms with E-state index in [4.69, 9.17) is 10.7 Å². The van der Waals surface area contributed by atoms with Crippen LogP contribution < -0.4 is 5.73 Å². The maximum Gasteiger partial charge on any atom is 0.127 e. The summed E-state index contributed by atoms with van der Waals surface area (Å²) in [5.41, 5.74) is 7.41. The fraction of sp³-hybridized carbons (Fsp3) is 0.786. The molecule has 0 saturated heterocycles. The Kier molecular flexibility index (Phi) is 2.96. The molecule has 0 unspecified atom stereocenters. The summed E-state index contributed by atoms with van der Waals surface area (Å²) in [6.07, 6.45) is 2.55. The molecule has 17 heavy (non-hydrogen) atoms. The number of rotatable bonds is 3. The van der Waals surface area contributed by atoms with Gasteiger partial charge in [0, 0.05) is 17.9 Å². The number of hydrogen-bond acceptors (Lipinski definition) is 2. The molecule has 0 bridgehead atoms. The van der Waals surface area contributed by atoms with Crippen LogP contribution in [0, 0.1) is 5.92 Å². The van der Waals surface area contributed by atoms with Gasteiger partial charge in [0.2, 0.25) is 0 Å². The topological polar surface area (TPSA) is 43.8 Å². The summed E-state index contributed by atoms with van der Waals surface area (Å²) in [5.74, 6) is 3.37. The van der Waals surface area contributed by atoms with E-state index in [2.05, 4.69) is 39.2 Å². The molecule has 0 aliphatic heterocycles. The molecule has 1 fully saturated rings. The Bertz CT molecular complexity index is 406. The summed E-state index contributed by atoms with van der Waals surface area (Å²) in [6, 6.07) is 0. The lowest BCUT2D eigenvalue weighted by molar-refractivity contribution is 0.511. The third kappa shape index (κ3) is 2.48. The number of nitrogens with zero attached hydrogens (tertiary/aromatic N) is 2. The molecule has 2 N–H and O–H groups in total. The van der Waals surface area contributed by atoms with Crippen molar-refractivity contribution in [1.82, 2.24) is 9.55 Å². The van der Waals surface area contributed by atoms with Gasteiger partial charge < -0.3 is 10.3 Å². The second-order valence-corrected chi connectivity index (χ2v) is 6.73. The molecule has 1 aromatic rings. The highest BCUT2D eigenvalue weighted by atomic mass is 15.2. The summed E-state index contributed by atoms with van der Waals surface area (Å²) in [4.78, 5) is 4.83. The van der Waals surface area contributed by atoms with Gasteiger partial charge in [0.05, 0.1) is 5.69 Å². The highest BCUT2D eigenvalue weighted by Gasteiger charge is 2.33. The van der Waals surface area contributed by atoms with Crippen LogP contribution in [-0.4, -0.2) is 9.55 Å². The van der Waals surface area contributed by atoms with Crippen LogP contribution in [0.3, 0.4) is 0 Å². The first kappa shape index (κ1) is 12.5. The van der Waals surface area contributed by atoms with Crippen LogP contribution >= 0.6 is 0 Å². The van der Waals surface area contributed by atoms with Gasteiger partial charge in [-0.1, -0.05) is 34.6 Å². The van der Waals surface area contributed by atoms with E-state index in [9.17, 15) is 0 Å². The van der Waals surface area contributed by atoms with Gasteiger partial charge in [0.15, 0.2) is 0 Å². The van der Waals surface area contributed by atoms with Gasteiger partial charge in [-0.15, -0.1) is 0 Å². The minimum atomic E-state index is 0.0377. The van der Waals surface area contributed by atoms with E-state index in [0.29, 0.717) is 11.8 Å². The fourth-order valence-electron chi connectivity index (χ4n) is 2.25. The van der Waals surface area contributed by atoms with Gasteiger partial charge in [-0.05, 0) is 18.8 Å². The van der Waals surface area contributed by atoms with E-state index < -0.39 is 0 Å². The first-order chi connectivity index (χ1) is 7.80. The minimum absolute atomic E-state index is 0.0377. The van der Waals surface area contributed by atoms with Gasteiger partial charge in [-0.2, -0.15) is 0 Å². The predicted molar refractivity (Wildman–Crippen MR) is 72.2 cm³/mol. The molecule has 1 aliphatic carbocycles. The summed E-state index contributed by atoms with van der Waals surface area (Å²) < 4.78 is 2.25. The van der Waals surface area contributed by atoms with Crippen molar-refractivity contribution in [3.05, 3.63) is 11.5 Å². The number of imidazole rings is 1. The molecular formula is C14H25N3. The second-order valence-electron chi connectivity index (χ2n) is 6.73. The monoisotopic (exact) mass is 235 g/mol. The minimum Gasteiger partial charge on any atom is -0.384 e. The molecule has 1 aliphatic rings. The number of nitrogens with two attached hydrogens (primary N) is 1. The summed E-state index contributed by atoms with van der Waals surface area (Å²) in [6.45, 7) is 12.0. The molecular weight excluding hydrogens is 210 g/mol. The second kappa shape index (κ2) is 4.04. The van der Waals surface area contributed by atoms with Crippen LogP contribution in [0.2, 0.25) is 0 Å². The predicted octanol–water partition coefficient (Wildman–Crippen LogP) is 3.30. The molecule has 0 atom stereocenters. The SMILES string of the molecule is CC(C)Cn1c(C2CC2)nc(C(C)(C)C)c1N. The van der Waals surface area contributed by atoms with E-state index >= 15 is 0 Å². The van der Waals surface area contributed by atoms with Gasteiger partial charge >= 0.3 is 0 Å². The van der Waals surface area contributed by atoms with Crippen molar-refractivity contribution >= 4 is 5.82 Å². The van der Waals surface area contributed by atoms with Crippen molar-refractivity contribution in [2.24, 2.45) is 5.92 Å². The van der Waals surface area contributed by atoms with Crippen LogP contribution in [0.1, 0.15) is 64.9 Å². The molecule has 0 amide bonds. The maximum absolute atomic E-state index is 6.30. The Balaban J connectivity index is 2.43. The zero-order valence-corrected chi connectivity index (χ0v) is 11.7. The number of aromatic nitrogens is 2. The Morgan fingerprint density at radius 2 is 1.94 bits per heavy atom. The van der Waals surface area contributed by atoms with E-state index in [1.807, 2.05) is 0 Å². The number of hydrogen-bond donors (Lipinski definition) is 1. The third-order valence-electron chi connectivity index (χ3n) is 3.24. The van der Waals surface area contributed by atoms with Crippen LogP contribution in [0.25, 0.3) is 0 Å². The smallest absolute Gasteiger partial charge is 0.127 e. The van der Waals surface area contributed by atoms with Crippen molar-refractivity contribution in [3.63, 3.8) is 0 Å². The van der Waals surface area contributed by atoms with Gasteiger partial charge in [0.1, 0.15) is 11.6 Å². The standard InChI is InChI=1S/C14H25N3/c1-9(2)8-17-12(15)11(14(3,4)5)16-13(17)10-6-7-10/h9-10H,6-8,15H2,1-5H3. The zero-order chi connectivity index (χ0) is 12.8. The quantitative estimate of drug-likeness (QED) is 0.873. The third-order valence-corrected chi connectivity index (χ3v) is 3.24. The molecule has 3 heteroatoms. The van der Waals surface area contributed by atoms with Crippen molar-refractivity contribution in [2.75, 3.05) is 5.73 Å². The highest BCUT2D eigenvalue weighted by Crippen LogP contribution is 2.42. The molecule has 0 spiro atoms. The first-order valence-corrected chi connectivity index (χ1v) is 6.67. The lowest BCUT2D eigenvalue weighted by Crippen LogP contribution is -2.16. The molecule has 1 saturated carbocycles. The largest absolute Gasteiger partial charge is 0.384 e. The fourth-order valence-corrected chi connectivity index (χ4v) is 2.25. The maximum atomic E-state index is 6.30. The van der Waals surface area contributed by atoms with Crippen LogP contribution in [0.5, 0.6) is 0 Å². The average molecular weight is 235 g/mol. The lowest BCUT2D eigenvalue weighted by atomic mass is 9.92. The van der Waals surface area contributed by atoms with Crippen molar-refractivity contribution < 1.29 is 0 Å². The summed E-state index contributed by atoms with van der Waals surface area (Å²) >= 11 is 0. The van der Waals surface area contributed by atoms with E-state index in [1.165, 1.54) is 18.7 Å². The normalized spacial score (nSPS) is 16.8. The van der Waals surface area contributed by atoms with Crippen LogP contribution in [0.4, 0.5) is 5.82 Å². The Morgan fingerprint density at radius 1 is 1.35 bits per heavy atom. The van der Waals surface area contributed by atoms with Crippen LogP contribution in [-0.2, 0) is 12.0 Å².